The number of benzene rings is 1. The molecule has 4 rings (SSSR count). The van der Waals surface area contributed by atoms with Gasteiger partial charge in [-0.1, -0.05) is 74.7 Å². The molecule has 0 radical (unpaired) electrons. The molecular formula is C23H28BrNO2. The van der Waals surface area contributed by atoms with Crippen LogP contribution in [-0.2, 0) is 9.59 Å². The van der Waals surface area contributed by atoms with Crippen molar-refractivity contribution in [3.8, 4) is 0 Å². The van der Waals surface area contributed by atoms with Crippen molar-refractivity contribution in [2.45, 2.75) is 64.1 Å². The first kappa shape index (κ1) is 18.9. The van der Waals surface area contributed by atoms with Crippen LogP contribution in [0.5, 0.6) is 0 Å². The summed E-state index contributed by atoms with van der Waals surface area (Å²) in [5, 5.41) is 0. The molecule has 1 amide bonds. The molecule has 1 aliphatic heterocycles. The maximum Gasteiger partial charge on any atom is 0.256 e. The van der Waals surface area contributed by atoms with Crippen molar-refractivity contribution in [2.75, 3.05) is 4.90 Å². The molecule has 144 valence electrons. The highest BCUT2D eigenvalue weighted by Crippen LogP contribution is 2.70. The summed E-state index contributed by atoms with van der Waals surface area (Å²) in [4.78, 5) is 29.3. The van der Waals surface area contributed by atoms with E-state index < -0.39 is 4.32 Å². The lowest BCUT2D eigenvalue weighted by atomic mass is 9.69. The third kappa shape index (κ3) is 2.25. The summed E-state index contributed by atoms with van der Waals surface area (Å²) >= 11 is 3.65. The van der Waals surface area contributed by atoms with Gasteiger partial charge >= 0.3 is 0 Å². The third-order valence-corrected chi connectivity index (χ3v) is 8.71. The number of hydrogen-bond donors (Lipinski definition) is 0. The number of fused-ring (bicyclic) bond motifs is 4. The van der Waals surface area contributed by atoms with Crippen LogP contribution < -0.4 is 4.90 Å². The smallest absolute Gasteiger partial charge is 0.256 e. The summed E-state index contributed by atoms with van der Waals surface area (Å²) in [5.41, 5.74) is 2.56. The molecule has 3 aliphatic rings. The number of carbonyl (C=O) groups is 2. The average molecular weight is 430 g/mol. The van der Waals surface area contributed by atoms with E-state index in [4.69, 9.17) is 0 Å². The Hall–Kier alpha value is -1.42. The van der Waals surface area contributed by atoms with Gasteiger partial charge in [-0.15, -0.1) is 0 Å². The fourth-order valence-corrected chi connectivity index (χ4v) is 6.25. The summed E-state index contributed by atoms with van der Waals surface area (Å²) in [7, 11) is 0. The van der Waals surface area contributed by atoms with Crippen molar-refractivity contribution in [3.63, 3.8) is 0 Å². The fraction of sp³-hybridized carbons (Fsp3) is 0.565. The number of carbonyl (C=O) groups excluding carboxylic acids is 2. The molecule has 1 fully saturated rings. The van der Waals surface area contributed by atoms with Crippen LogP contribution in [-0.4, -0.2) is 16.0 Å². The molecule has 3 nitrogen and oxygen atoms in total. The van der Waals surface area contributed by atoms with Gasteiger partial charge in [0.1, 0.15) is 0 Å². The zero-order chi connectivity index (χ0) is 19.6. The Labute approximate surface area is 170 Å². The van der Waals surface area contributed by atoms with Crippen LogP contribution in [0, 0.1) is 16.7 Å². The van der Waals surface area contributed by atoms with E-state index in [-0.39, 0.29) is 28.4 Å². The number of hydrogen-bond acceptors (Lipinski definition) is 2. The lowest BCUT2D eigenvalue weighted by Gasteiger charge is -2.45. The molecular weight excluding hydrogens is 402 g/mol. The lowest BCUT2D eigenvalue weighted by Crippen LogP contribution is -2.57. The highest BCUT2D eigenvalue weighted by molar-refractivity contribution is 9.10. The predicted octanol–water partition coefficient (Wildman–Crippen LogP) is 5.64. The van der Waals surface area contributed by atoms with Crippen molar-refractivity contribution >= 4 is 33.3 Å². The topological polar surface area (TPSA) is 37.4 Å². The molecule has 0 spiro atoms. The normalized spacial score (nSPS) is 34.4. The Bertz CT molecular complexity index is 843. The van der Waals surface area contributed by atoms with E-state index in [0.29, 0.717) is 6.42 Å². The number of nitrogens with zero attached hydrogens (tertiary/aromatic N) is 1. The second-order valence-corrected chi connectivity index (χ2v) is 10.5. The maximum absolute atomic E-state index is 13.8. The van der Waals surface area contributed by atoms with E-state index >= 15 is 0 Å². The number of alkyl halides is 1. The molecule has 0 N–H and O–H groups in total. The minimum Gasteiger partial charge on any atom is -0.292 e. The average Bonchev–Trinajstić information content (AvgIpc) is 2.98. The standard InChI is InChI=1S/C23H28BrNO2/c1-5-6-13-23(24)19(26)17-16-12-14-22(4,21(16,2)3)18(17)25(20(23)27)15-10-8-7-9-11-15/h7-11,16H,5-6,12-14H2,1-4H3/t16-,22+,23+/m0/s1. The molecule has 1 heterocycles. The quantitative estimate of drug-likeness (QED) is 0.458. The van der Waals surface area contributed by atoms with Crippen molar-refractivity contribution in [2.24, 2.45) is 16.7 Å². The van der Waals surface area contributed by atoms with Gasteiger partial charge in [-0.2, -0.15) is 0 Å². The van der Waals surface area contributed by atoms with Crippen LogP contribution in [0.3, 0.4) is 0 Å². The Balaban J connectivity index is 1.96. The molecule has 3 atom stereocenters. The number of halogens is 1. The van der Waals surface area contributed by atoms with Crippen LogP contribution >= 0.6 is 15.9 Å². The van der Waals surface area contributed by atoms with Gasteiger partial charge in [-0.05, 0) is 42.7 Å². The van der Waals surface area contributed by atoms with E-state index in [1.807, 2.05) is 35.2 Å². The molecule has 0 unspecified atom stereocenters. The summed E-state index contributed by atoms with van der Waals surface area (Å²) < 4.78 is -1.13. The first-order valence-electron chi connectivity index (χ1n) is 10.1. The summed E-state index contributed by atoms with van der Waals surface area (Å²) in [6, 6.07) is 9.84. The number of rotatable bonds is 4. The fourth-order valence-electron chi connectivity index (χ4n) is 5.58. The van der Waals surface area contributed by atoms with Gasteiger partial charge in [-0.25, -0.2) is 0 Å². The van der Waals surface area contributed by atoms with E-state index in [1.54, 1.807) is 0 Å². The first-order valence-corrected chi connectivity index (χ1v) is 10.9. The summed E-state index contributed by atoms with van der Waals surface area (Å²) in [6.07, 6.45) is 4.40. The van der Waals surface area contributed by atoms with Gasteiger partial charge in [0.2, 0.25) is 0 Å². The lowest BCUT2D eigenvalue weighted by molar-refractivity contribution is -0.129. The number of unbranched alkanes of at least 4 members (excludes halogenated alkanes) is 1. The van der Waals surface area contributed by atoms with Crippen molar-refractivity contribution < 1.29 is 9.59 Å². The molecule has 4 heteroatoms. The first-order chi connectivity index (χ1) is 12.7. The van der Waals surface area contributed by atoms with Crippen LogP contribution in [0.4, 0.5) is 5.69 Å². The van der Waals surface area contributed by atoms with E-state index in [0.717, 1.165) is 42.6 Å². The SMILES string of the molecule is CCCC[C@@]1(Br)C(=O)C2=C(N(c3ccccc3)C1=O)[C@@]1(C)CC[C@@H]2C1(C)C. The molecule has 2 bridgehead atoms. The maximum atomic E-state index is 13.8. The van der Waals surface area contributed by atoms with E-state index in [9.17, 15) is 9.59 Å². The largest absolute Gasteiger partial charge is 0.292 e. The molecule has 2 aliphatic carbocycles. The minimum absolute atomic E-state index is 0.0182. The Morgan fingerprint density at radius 1 is 1.15 bits per heavy atom. The number of amides is 1. The Morgan fingerprint density at radius 3 is 2.44 bits per heavy atom. The highest BCUT2D eigenvalue weighted by Gasteiger charge is 2.68. The number of allylic oxidation sites excluding steroid dienone is 2. The van der Waals surface area contributed by atoms with Gasteiger partial charge in [0.25, 0.3) is 5.91 Å². The molecule has 1 aromatic carbocycles. The highest BCUT2D eigenvalue weighted by atomic mass is 79.9. The van der Waals surface area contributed by atoms with Gasteiger partial charge in [0.15, 0.2) is 10.1 Å². The van der Waals surface area contributed by atoms with Crippen LogP contribution in [0.25, 0.3) is 0 Å². The molecule has 1 saturated carbocycles. The van der Waals surface area contributed by atoms with Crippen LogP contribution in [0.15, 0.2) is 41.6 Å². The van der Waals surface area contributed by atoms with E-state index in [2.05, 4.69) is 43.6 Å². The summed E-state index contributed by atoms with van der Waals surface area (Å²) in [5.74, 6) is 0.128. The van der Waals surface area contributed by atoms with Crippen LogP contribution in [0.2, 0.25) is 0 Å². The van der Waals surface area contributed by atoms with Crippen molar-refractivity contribution in [3.05, 3.63) is 41.6 Å². The minimum atomic E-state index is -1.13. The zero-order valence-electron chi connectivity index (χ0n) is 16.6. The predicted molar refractivity (Wildman–Crippen MR) is 112 cm³/mol. The molecule has 1 aromatic rings. The third-order valence-electron chi connectivity index (χ3n) is 7.61. The van der Waals surface area contributed by atoms with Gasteiger partial charge in [0.05, 0.1) is 0 Å². The van der Waals surface area contributed by atoms with Gasteiger partial charge in [-0.3, -0.25) is 14.5 Å². The second-order valence-electron chi connectivity index (χ2n) is 9.12. The van der Waals surface area contributed by atoms with Gasteiger partial charge in [0, 0.05) is 22.4 Å². The Kier molecular flexibility index (Phi) is 4.23. The zero-order valence-corrected chi connectivity index (χ0v) is 18.2. The molecule has 27 heavy (non-hydrogen) atoms. The van der Waals surface area contributed by atoms with Crippen molar-refractivity contribution in [1.29, 1.82) is 0 Å². The van der Waals surface area contributed by atoms with Crippen LogP contribution in [0.1, 0.15) is 59.8 Å². The molecule has 0 aromatic heterocycles. The van der Waals surface area contributed by atoms with Gasteiger partial charge < -0.3 is 0 Å². The Morgan fingerprint density at radius 2 is 1.81 bits per heavy atom. The van der Waals surface area contributed by atoms with Crippen molar-refractivity contribution in [1.82, 2.24) is 0 Å². The number of Topliss-reactive ketones (excluding diaryl/α,β-unsaturated/α-hetero) is 1. The number of anilines is 1. The summed E-state index contributed by atoms with van der Waals surface area (Å²) in [6.45, 7) is 8.88. The number of ketones is 1. The second kappa shape index (κ2) is 6.04. The number of para-hydroxylation sites is 1. The monoisotopic (exact) mass is 429 g/mol. The van der Waals surface area contributed by atoms with E-state index in [1.165, 1.54) is 0 Å². The molecule has 0 saturated heterocycles.